The van der Waals surface area contributed by atoms with Crippen LogP contribution in [0.3, 0.4) is 0 Å². The second kappa shape index (κ2) is 8.64. The van der Waals surface area contributed by atoms with Crippen LogP contribution in [0.1, 0.15) is 42.1 Å². The zero-order chi connectivity index (χ0) is 15.0. The predicted octanol–water partition coefficient (Wildman–Crippen LogP) is 2.92. The van der Waals surface area contributed by atoms with Gasteiger partial charge in [0.05, 0.1) is 0 Å². The maximum atomic E-state index is 12.0. The van der Waals surface area contributed by atoms with E-state index in [9.17, 15) is 9.59 Å². The Morgan fingerprint density at radius 3 is 2.50 bits per heavy atom. The van der Waals surface area contributed by atoms with Crippen LogP contribution >= 0.6 is 11.8 Å². The number of nitrogens with one attached hydrogen (secondary N) is 1. The normalized spacial score (nSPS) is 11.9. The van der Waals surface area contributed by atoms with Gasteiger partial charge in [-0.05, 0) is 43.7 Å². The maximum absolute atomic E-state index is 12.0. The summed E-state index contributed by atoms with van der Waals surface area (Å²) in [7, 11) is 0. The molecule has 1 rings (SSSR count). The van der Waals surface area contributed by atoms with Crippen molar-refractivity contribution in [3.8, 4) is 0 Å². The number of thioether (sulfide) groups is 1. The third-order valence-corrected chi connectivity index (χ3v) is 3.55. The maximum Gasteiger partial charge on any atom is 0.303 e. The van der Waals surface area contributed by atoms with Crippen LogP contribution in [0.5, 0.6) is 0 Å². The van der Waals surface area contributed by atoms with E-state index in [1.807, 2.05) is 37.4 Å². The van der Waals surface area contributed by atoms with Crippen molar-refractivity contribution in [1.82, 2.24) is 5.32 Å². The van der Waals surface area contributed by atoms with Gasteiger partial charge in [0, 0.05) is 23.8 Å². The number of carboxylic acids is 1. The number of rotatable bonds is 8. The van der Waals surface area contributed by atoms with Gasteiger partial charge in [0.1, 0.15) is 0 Å². The second-order valence-electron chi connectivity index (χ2n) is 4.79. The Kier molecular flexibility index (Phi) is 7.15. The molecule has 1 amide bonds. The first-order valence-corrected chi connectivity index (χ1v) is 8.03. The monoisotopic (exact) mass is 295 g/mol. The van der Waals surface area contributed by atoms with E-state index in [-0.39, 0.29) is 18.4 Å². The Balaban J connectivity index is 2.43. The number of carbonyl (C=O) groups is 2. The quantitative estimate of drug-likeness (QED) is 0.774. The van der Waals surface area contributed by atoms with Crippen molar-refractivity contribution >= 4 is 23.6 Å². The summed E-state index contributed by atoms with van der Waals surface area (Å²) in [4.78, 5) is 22.4. The molecule has 110 valence electrons. The number of hydrogen-bond acceptors (Lipinski definition) is 3. The second-order valence-corrected chi connectivity index (χ2v) is 5.66. The number of benzene rings is 1. The fraction of sp³-hybridized carbons (Fsp3) is 0.467. The molecule has 20 heavy (non-hydrogen) atoms. The van der Waals surface area contributed by atoms with Gasteiger partial charge < -0.3 is 10.4 Å². The lowest BCUT2D eigenvalue weighted by atomic mass is 10.1. The average molecular weight is 295 g/mol. The summed E-state index contributed by atoms with van der Waals surface area (Å²) in [6.07, 6.45) is 3.43. The van der Waals surface area contributed by atoms with E-state index in [0.29, 0.717) is 18.4 Å². The summed E-state index contributed by atoms with van der Waals surface area (Å²) in [6.45, 7) is 1.89. The molecule has 2 N–H and O–H groups in total. The number of aliphatic carboxylic acids is 1. The van der Waals surface area contributed by atoms with Crippen LogP contribution in [0.15, 0.2) is 24.3 Å². The summed E-state index contributed by atoms with van der Waals surface area (Å²) in [5, 5.41) is 11.5. The topological polar surface area (TPSA) is 66.4 Å². The van der Waals surface area contributed by atoms with Gasteiger partial charge in [-0.25, -0.2) is 0 Å². The summed E-state index contributed by atoms with van der Waals surface area (Å²) in [6, 6.07) is 7.55. The zero-order valence-electron chi connectivity index (χ0n) is 11.9. The van der Waals surface area contributed by atoms with Crippen molar-refractivity contribution in [1.29, 1.82) is 0 Å². The molecule has 5 heteroatoms. The first-order chi connectivity index (χ1) is 9.52. The number of carboxylic acid groups (broad SMARTS) is 1. The minimum absolute atomic E-state index is 0.0206. The molecule has 0 saturated carbocycles. The number of carbonyl (C=O) groups excluding carboxylic acids is 1. The van der Waals surface area contributed by atoms with Crippen LogP contribution in [-0.2, 0) is 10.5 Å². The Morgan fingerprint density at radius 1 is 1.30 bits per heavy atom. The molecular formula is C15H21NO3S. The molecule has 0 aromatic heterocycles. The molecule has 0 aliphatic heterocycles. The van der Waals surface area contributed by atoms with Crippen LogP contribution in [0.25, 0.3) is 0 Å². The van der Waals surface area contributed by atoms with E-state index in [1.54, 1.807) is 11.8 Å². The smallest absolute Gasteiger partial charge is 0.303 e. The van der Waals surface area contributed by atoms with Gasteiger partial charge in [0.2, 0.25) is 0 Å². The predicted molar refractivity (Wildman–Crippen MR) is 82.1 cm³/mol. The summed E-state index contributed by atoms with van der Waals surface area (Å²) in [5.74, 6) is 0.0319. The largest absolute Gasteiger partial charge is 0.481 e. The van der Waals surface area contributed by atoms with Gasteiger partial charge in [0.25, 0.3) is 5.91 Å². The molecule has 0 aliphatic carbocycles. The van der Waals surface area contributed by atoms with E-state index in [0.717, 1.165) is 5.75 Å². The molecule has 0 heterocycles. The number of amides is 1. The molecule has 1 unspecified atom stereocenters. The summed E-state index contributed by atoms with van der Waals surface area (Å²) < 4.78 is 0. The lowest BCUT2D eigenvalue weighted by Gasteiger charge is -2.13. The van der Waals surface area contributed by atoms with Gasteiger partial charge in [0.15, 0.2) is 0 Å². The Hall–Kier alpha value is -1.49. The van der Waals surface area contributed by atoms with Gasteiger partial charge in [-0.2, -0.15) is 11.8 Å². The Bertz CT molecular complexity index is 445. The average Bonchev–Trinajstić information content (AvgIpc) is 2.39. The number of hydrogen-bond donors (Lipinski definition) is 2. The first-order valence-electron chi connectivity index (χ1n) is 6.63. The molecule has 0 aliphatic rings. The van der Waals surface area contributed by atoms with E-state index in [1.165, 1.54) is 5.56 Å². The zero-order valence-corrected chi connectivity index (χ0v) is 12.7. The van der Waals surface area contributed by atoms with Crippen molar-refractivity contribution in [3.05, 3.63) is 35.4 Å². The molecular weight excluding hydrogens is 274 g/mol. The van der Waals surface area contributed by atoms with Crippen molar-refractivity contribution in [2.45, 2.75) is 38.0 Å². The molecule has 0 radical (unpaired) electrons. The van der Waals surface area contributed by atoms with E-state index in [4.69, 9.17) is 5.11 Å². The lowest BCUT2D eigenvalue weighted by Crippen LogP contribution is -2.32. The fourth-order valence-electron chi connectivity index (χ4n) is 1.86. The molecule has 1 aromatic rings. The van der Waals surface area contributed by atoms with Crippen LogP contribution in [0.4, 0.5) is 0 Å². The third kappa shape index (κ3) is 6.10. The van der Waals surface area contributed by atoms with Crippen molar-refractivity contribution in [2.24, 2.45) is 0 Å². The van der Waals surface area contributed by atoms with E-state index >= 15 is 0 Å². The first kappa shape index (κ1) is 16.6. The molecule has 4 nitrogen and oxygen atoms in total. The molecule has 0 saturated heterocycles. The van der Waals surface area contributed by atoms with Crippen LogP contribution < -0.4 is 5.32 Å². The van der Waals surface area contributed by atoms with Crippen LogP contribution in [-0.4, -0.2) is 29.3 Å². The fourth-order valence-corrected chi connectivity index (χ4v) is 2.38. The SMILES string of the molecule is CSCc1ccc(C(=O)NC(C)CCCC(=O)O)cc1. The van der Waals surface area contributed by atoms with Crippen molar-refractivity contribution < 1.29 is 14.7 Å². The molecule has 1 atom stereocenters. The van der Waals surface area contributed by atoms with Crippen LogP contribution in [0.2, 0.25) is 0 Å². The summed E-state index contributed by atoms with van der Waals surface area (Å²) in [5.41, 5.74) is 1.84. The highest BCUT2D eigenvalue weighted by molar-refractivity contribution is 7.97. The standard InChI is InChI=1S/C15H21NO3S/c1-11(4-3-5-14(17)18)16-15(19)13-8-6-12(7-9-13)10-20-2/h6-9,11H,3-5,10H2,1-2H3,(H,16,19)(H,17,18). The minimum Gasteiger partial charge on any atom is -0.481 e. The van der Waals surface area contributed by atoms with Gasteiger partial charge in [-0.1, -0.05) is 12.1 Å². The van der Waals surface area contributed by atoms with Gasteiger partial charge in [-0.3, -0.25) is 9.59 Å². The minimum atomic E-state index is -0.798. The van der Waals surface area contributed by atoms with Gasteiger partial charge >= 0.3 is 5.97 Å². The highest BCUT2D eigenvalue weighted by atomic mass is 32.2. The molecule has 0 bridgehead atoms. The molecule has 0 fully saturated rings. The van der Waals surface area contributed by atoms with Crippen molar-refractivity contribution in [3.63, 3.8) is 0 Å². The highest BCUT2D eigenvalue weighted by Crippen LogP contribution is 2.11. The molecule has 0 spiro atoms. The van der Waals surface area contributed by atoms with Crippen LogP contribution in [0, 0.1) is 0 Å². The summed E-state index contributed by atoms with van der Waals surface area (Å²) >= 11 is 1.74. The van der Waals surface area contributed by atoms with E-state index in [2.05, 4.69) is 5.32 Å². The van der Waals surface area contributed by atoms with Crippen molar-refractivity contribution in [2.75, 3.05) is 6.26 Å². The molecule has 1 aromatic carbocycles. The Morgan fingerprint density at radius 2 is 1.95 bits per heavy atom. The third-order valence-electron chi connectivity index (χ3n) is 2.93. The van der Waals surface area contributed by atoms with E-state index < -0.39 is 5.97 Å². The Labute approximate surface area is 124 Å². The lowest BCUT2D eigenvalue weighted by molar-refractivity contribution is -0.137. The van der Waals surface area contributed by atoms with Gasteiger partial charge in [-0.15, -0.1) is 0 Å². The highest BCUT2D eigenvalue weighted by Gasteiger charge is 2.10.